The smallest absolute Gasteiger partial charge is 0.276 e. The standard InChI is InChI=1S/C15H15FN4O/c1-17-13(11-4-2-3-5-12(11)16)10-19-8-9-20-14(15(19)21)6-7-18-20/h2-9,13,17H,10H2,1H3. The molecule has 0 radical (unpaired) electrons. The quantitative estimate of drug-likeness (QED) is 0.792. The van der Waals surface area contributed by atoms with Gasteiger partial charge < -0.3 is 9.88 Å². The fourth-order valence-corrected chi connectivity index (χ4v) is 2.40. The molecular weight excluding hydrogens is 271 g/mol. The fraction of sp³-hybridized carbons (Fsp3) is 0.200. The Kier molecular flexibility index (Phi) is 3.53. The molecule has 5 nitrogen and oxygen atoms in total. The Bertz CT molecular complexity index is 824. The third kappa shape index (κ3) is 2.45. The lowest BCUT2D eigenvalue weighted by molar-refractivity contribution is 0.466. The summed E-state index contributed by atoms with van der Waals surface area (Å²) in [5.41, 5.74) is 0.896. The monoisotopic (exact) mass is 286 g/mol. The molecule has 1 aromatic carbocycles. The van der Waals surface area contributed by atoms with Crippen LogP contribution in [0.1, 0.15) is 11.6 Å². The van der Waals surface area contributed by atoms with E-state index in [1.807, 2.05) is 0 Å². The number of aromatic nitrogens is 3. The molecule has 6 heteroatoms. The molecule has 0 fully saturated rings. The highest BCUT2D eigenvalue weighted by atomic mass is 19.1. The second-order valence-corrected chi connectivity index (χ2v) is 4.78. The van der Waals surface area contributed by atoms with Crippen molar-refractivity contribution < 1.29 is 4.39 Å². The van der Waals surface area contributed by atoms with Crippen LogP contribution in [0.15, 0.2) is 53.7 Å². The molecule has 0 bridgehead atoms. The molecule has 2 heterocycles. The molecule has 108 valence electrons. The molecule has 2 aromatic heterocycles. The van der Waals surface area contributed by atoms with Crippen molar-refractivity contribution in [3.63, 3.8) is 0 Å². The number of nitrogens with zero attached hydrogens (tertiary/aromatic N) is 3. The summed E-state index contributed by atoms with van der Waals surface area (Å²) in [6.07, 6.45) is 4.95. The van der Waals surface area contributed by atoms with E-state index in [2.05, 4.69) is 10.4 Å². The van der Waals surface area contributed by atoms with Gasteiger partial charge in [-0.1, -0.05) is 18.2 Å². The van der Waals surface area contributed by atoms with E-state index in [1.165, 1.54) is 10.6 Å². The Labute approximate surface area is 120 Å². The average molecular weight is 286 g/mol. The van der Waals surface area contributed by atoms with Crippen LogP contribution in [0.2, 0.25) is 0 Å². The summed E-state index contributed by atoms with van der Waals surface area (Å²) in [5, 5.41) is 7.07. The van der Waals surface area contributed by atoms with E-state index >= 15 is 0 Å². The first-order valence-electron chi connectivity index (χ1n) is 6.65. The SMILES string of the molecule is CNC(Cn1ccn2nccc2c1=O)c1ccccc1F. The van der Waals surface area contributed by atoms with E-state index in [-0.39, 0.29) is 17.4 Å². The fourth-order valence-electron chi connectivity index (χ4n) is 2.40. The van der Waals surface area contributed by atoms with Crippen molar-refractivity contribution in [3.8, 4) is 0 Å². The Morgan fingerprint density at radius 2 is 2.10 bits per heavy atom. The van der Waals surface area contributed by atoms with Crippen LogP contribution in [-0.4, -0.2) is 21.2 Å². The minimum atomic E-state index is -0.283. The van der Waals surface area contributed by atoms with Gasteiger partial charge in [-0.25, -0.2) is 8.91 Å². The Hall–Kier alpha value is -2.47. The van der Waals surface area contributed by atoms with Crippen LogP contribution >= 0.6 is 0 Å². The zero-order valence-electron chi connectivity index (χ0n) is 11.5. The molecule has 3 rings (SSSR count). The number of rotatable bonds is 4. The molecule has 1 N–H and O–H groups in total. The van der Waals surface area contributed by atoms with Crippen molar-refractivity contribution in [2.75, 3.05) is 7.05 Å². The second-order valence-electron chi connectivity index (χ2n) is 4.78. The van der Waals surface area contributed by atoms with Crippen molar-refractivity contribution in [3.05, 3.63) is 70.7 Å². The van der Waals surface area contributed by atoms with Crippen LogP contribution in [0, 0.1) is 5.82 Å². The van der Waals surface area contributed by atoms with Crippen molar-refractivity contribution in [2.45, 2.75) is 12.6 Å². The van der Waals surface area contributed by atoms with Crippen LogP contribution in [0.3, 0.4) is 0 Å². The van der Waals surface area contributed by atoms with Crippen LogP contribution < -0.4 is 10.9 Å². The molecule has 0 saturated heterocycles. The molecule has 0 aliphatic carbocycles. The summed E-state index contributed by atoms with van der Waals surface area (Å²) >= 11 is 0. The lowest BCUT2D eigenvalue weighted by Gasteiger charge is -2.18. The maximum absolute atomic E-state index is 13.9. The normalized spacial score (nSPS) is 12.7. The summed E-state index contributed by atoms with van der Waals surface area (Å²) < 4.78 is 17.0. The summed E-state index contributed by atoms with van der Waals surface area (Å²) in [6.45, 7) is 0.345. The number of nitrogens with one attached hydrogen (secondary N) is 1. The first-order valence-corrected chi connectivity index (χ1v) is 6.65. The number of fused-ring (bicyclic) bond motifs is 1. The van der Waals surface area contributed by atoms with Crippen molar-refractivity contribution in [1.29, 1.82) is 0 Å². The summed E-state index contributed by atoms with van der Waals surface area (Å²) in [4.78, 5) is 12.3. The van der Waals surface area contributed by atoms with Gasteiger partial charge in [-0.05, 0) is 19.2 Å². The van der Waals surface area contributed by atoms with Crippen LogP contribution in [0.25, 0.3) is 5.52 Å². The highest BCUT2D eigenvalue weighted by Gasteiger charge is 2.15. The molecule has 3 aromatic rings. The van der Waals surface area contributed by atoms with Gasteiger partial charge >= 0.3 is 0 Å². The third-order valence-corrected chi connectivity index (χ3v) is 3.55. The molecule has 1 atom stereocenters. The van der Waals surface area contributed by atoms with Crippen molar-refractivity contribution in [1.82, 2.24) is 19.5 Å². The number of benzene rings is 1. The van der Waals surface area contributed by atoms with Crippen LogP contribution in [-0.2, 0) is 6.54 Å². The molecule has 21 heavy (non-hydrogen) atoms. The van der Waals surface area contributed by atoms with Gasteiger partial charge in [-0.15, -0.1) is 0 Å². The largest absolute Gasteiger partial charge is 0.311 e. The molecule has 0 spiro atoms. The maximum Gasteiger partial charge on any atom is 0.276 e. The zero-order valence-corrected chi connectivity index (χ0v) is 11.5. The van der Waals surface area contributed by atoms with E-state index in [4.69, 9.17) is 0 Å². The van der Waals surface area contributed by atoms with E-state index in [0.29, 0.717) is 17.6 Å². The third-order valence-electron chi connectivity index (χ3n) is 3.55. The van der Waals surface area contributed by atoms with E-state index in [0.717, 1.165) is 0 Å². The van der Waals surface area contributed by atoms with Crippen LogP contribution in [0.4, 0.5) is 4.39 Å². The highest BCUT2D eigenvalue weighted by molar-refractivity contribution is 5.42. The minimum absolute atomic E-state index is 0.147. The number of hydrogen-bond donors (Lipinski definition) is 1. The summed E-state index contributed by atoms with van der Waals surface area (Å²) in [7, 11) is 1.75. The lowest BCUT2D eigenvalue weighted by atomic mass is 10.1. The zero-order chi connectivity index (χ0) is 14.8. The van der Waals surface area contributed by atoms with Gasteiger partial charge in [0.15, 0.2) is 0 Å². The van der Waals surface area contributed by atoms with Crippen molar-refractivity contribution in [2.24, 2.45) is 0 Å². The lowest BCUT2D eigenvalue weighted by Crippen LogP contribution is -2.29. The predicted octanol–water partition coefficient (Wildman–Crippen LogP) is 1.60. The second kappa shape index (κ2) is 5.49. The van der Waals surface area contributed by atoms with Gasteiger partial charge in [-0.2, -0.15) is 5.10 Å². The van der Waals surface area contributed by atoms with E-state index in [9.17, 15) is 9.18 Å². The predicted molar refractivity (Wildman–Crippen MR) is 77.7 cm³/mol. The summed E-state index contributed by atoms with van der Waals surface area (Å²) in [6, 6.07) is 7.95. The average Bonchev–Trinajstić information content (AvgIpc) is 2.97. The number of halogens is 1. The molecule has 0 aliphatic rings. The molecule has 0 aliphatic heterocycles. The van der Waals surface area contributed by atoms with Gasteiger partial charge in [0.25, 0.3) is 5.56 Å². The van der Waals surface area contributed by atoms with Gasteiger partial charge in [0.05, 0.1) is 12.2 Å². The van der Waals surface area contributed by atoms with Crippen molar-refractivity contribution >= 4 is 5.52 Å². The van der Waals surface area contributed by atoms with E-state index < -0.39 is 0 Å². The molecule has 1 unspecified atom stereocenters. The first-order chi connectivity index (χ1) is 10.2. The van der Waals surface area contributed by atoms with Crippen LogP contribution in [0.5, 0.6) is 0 Å². The van der Waals surface area contributed by atoms with Gasteiger partial charge in [0.1, 0.15) is 11.3 Å². The Balaban J connectivity index is 1.98. The highest BCUT2D eigenvalue weighted by Crippen LogP contribution is 2.17. The molecular formula is C15H15FN4O. The summed E-state index contributed by atoms with van der Waals surface area (Å²) in [5.74, 6) is -0.282. The molecule has 0 saturated carbocycles. The van der Waals surface area contributed by atoms with Gasteiger partial charge in [0, 0.05) is 24.5 Å². The number of hydrogen-bond acceptors (Lipinski definition) is 3. The first kappa shape index (κ1) is 13.5. The minimum Gasteiger partial charge on any atom is -0.311 e. The number of likely N-dealkylation sites (N-methyl/N-ethyl adjacent to an activating group) is 1. The Morgan fingerprint density at radius 3 is 2.86 bits per heavy atom. The van der Waals surface area contributed by atoms with Gasteiger partial charge in [0.2, 0.25) is 0 Å². The molecule has 0 amide bonds. The topological polar surface area (TPSA) is 51.3 Å². The maximum atomic E-state index is 13.9. The Morgan fingerprint density at radius 1 is 1.29 bits per heavy atom. The van der Waals surface area contributed by atoms with E-state index in [1.54, 1.807) is 54.5 Å². The van der Waals surface area contributed by atoms with Gasteiger partial charge in [-0.3, -0.25) is 4.79 Å².